The first kappa shape index (κ1) is 60.5. The second-order valence-corrected chi connectivity index (χ2v) is 21.5. The summed E-state index contributed by atoms with van der Waals surface area (Å²) in [5.74, 6) is -0.834. The van der Waals surface area contributed by atoms with E-state index in [4.69, 9.17) is 0 Å². The standard InChI is InChI=1S/4C11H20O2.Ce/c4*1-10(2,3)8(12)7-9(13)11(4,5)6;/h4*7,12H,1-6H3;/q;;;;+4/p-4/b4*8-7-;. The third-order valence-electron chi connectivity index (χ3n) is 6.96. The SMILES string of the molecule is CC(C)(C)C(=O)/C=C(\[O-])C(C)(C)C.CC(C)(C)C(=O)/C=C(\[O-])C(C)(C)C.CC(C)(C)C(=O)/C=C(\[O-])C(C)(C)C.CC(C)(C)C(=O)/C=C(\[O-])C(C)(C)C.[Ce+4]. The molecule has 0 atom stereocenters. The summed E-state index contributed by atoms with van der Waals surface area (Å²) in [6, 6.07) is 0. The summed E-state index contributed by atoms with van der Waals surface area (Å²) in [6.07, 6.45) is 4.89. The molecule has 0 heterocycles. The first-order chi connectivity index (χ1) is 22.2. The van der Waals surface area contributed by atoms with Crippen molar-refractivity contribution in [2.45, 2.75) is 166 Å². The zero-order chi connectivity index (χ0) is 43.4. The van der Waals surface area contributed by atoms with Gasteiger partial charge in [-0.25, -0.2) is 0 Å². The molecule has 0 aliphatic heterocycles. The Morgan fingerprint density at radius 1 is 0.264 bits per heavy atom. The topological polar surface area (TPSA) is 161 Å². The zero-order valence-corrected chi connectivity index (χ0v) is 41.2. The van der Waals surface area contributed by atoms with E-state index in [1.165, 1.54) is 24.3 Å². The maximum atomic E-state index is 11.4. The zero-order valence-electron chi connectivity index (χ0n) is 38.1. The molecule has 0 amide bonds. The van der Waals surface area contributed by atoms with E-state index in [9.17, 15) is 39.6 Å². The Morgan fingerprint density at radius 2 is 0.358 bits per heavy atom. The average molecular weight is 873 g/mol. The monoisotopic (exact) mass is 872 g/mol. The molecule has 0 radical (unpaired) electrons. The van der Waals surface area contributed by atoms with Crippen molar-refractivity contribution in [1.29, 1.82) is 0 Å². The minimum Gasteiger partial charge on any atom is -0.875 e. The van der Waals surface area contributed by atoms with Gasteiger partial charge in [0, 0.05) is 21.7 Å². The molecule has 0 spiro atoms. The summed E-state index contributed by atoms with van der Waals surface area (Å²) in [7, 11) is 0. The van der Waals surface area contributed by atoms with Crippen LogP contribution in [-0.2, 0) is 19.2 Å². The van der Waals surface area contributed by atoms with E-state index in [1.807, 2.05) is 166 Å². The molecule has 8 nitrogen and oxygen atoms in total. The van der Waals surface area contributed by atoms with Crippen molar-refractivity contribution in [2.75, 3.05) is 0 Å². The molecule has 53 heavy (non-hydrogen) atoms. The van der Waals surface area contributed by atoms with Gasteiger partial charge in [-0.1, -0.05) is 166 Å². The van der Waals surface area contributed by atoms with Crippen LogP contribution in [0.2, 0.25) is 0 Å². The van der Waals surface area contributed by atoms with E-state index < -0.39 is 43.3 Å². The van der Waals surface area contributed by atoms with Crippen molar-refractivity contribution in [2.24, 2.45) is 43.3 Å². The average Bonchev–Trinajstić information content (AvgIpc) is 2.85. The van der Waals surface area contributed by atoms with Crippen LogP contribution in [0.25, 0.3) is 0 Å². The first-order valence-corrected chi connectivity index (χ1v) is 17.9. The number of hydrogen-bond donors (Lipinski definition) is 0. The number of carbonyl (C=O) groups is 4. The maximum absolute atomic E-state index is 11.4. The van der Waals surface area contributed by atoms with Crippen LogP contribution >= 0.6 is 0 Å². The molecule has 0 unspecified atom stereocenters. The number of carbonyl (C=O) groups excluding carboxylic acids is 4. The Balaban J connectivity index is -0.000000192. The van der Waals surface area contributed by atoms with Gasteiger partial charge in [0.1, 0.15) is 0 Å². The first-order valence-electron chi connectivity index (χ1n) is 17.9. The third kappa shape index (κ3) is 30.2. The van der Waals surface area contributed by atoms with E-state index in [0.29, 0.717) is 0 Å². The molecule has 0 aromatic heterocycles. The van der Waals surface area contributed by atoms with Crippen LogP contribution in [-0.4, -0.2) is 23.1 Å². The molecule has 9 heteroatoms. The summed E-state index contributed by atoms with van der Waals surface area (Å²) in [6.45, 7) is 43.4. The Morgan fingerprint density at radius 3 is 0.415 bits per heavy atom. The molecule has 0 saturated carbocycles. The van der Waals surface area contributed by atoms with E-state index >= 15 is 0 Å². The number of ketones is 4. The molecule has 0 aromatic carbocycles. The molecule has 0 N–H and O–H groups in total. The van der Waals surface area contributed by atoms with Gasteiger partial charge in [0.05, 0.1) is 0 Å². The van der Waals surface area contributed by atoms with Crippen LogP contribution in [0.5, 0.6) is 0 Å². The number of allylic oxidation sites excluding steroid dienone is 8. The Hall–Kier alpha value is -1.78. The normalized spacial score (nSPS) is 14.2. The van der Waals surface area contributed by atoms with E-state index in [2.05, 4.69) is 0 Å². The Kier molecular flexibility index (Phi) is 25.2. The minimum atomic E-state index is -0.457. The molecule has 0 bridgehead atoms. The van der Waals surface area contributed by atoms with Crippen LogP contribution in [0, 0.1) is 85.1 Å². The van der Waals surface area contributed by atoms with Gasteiger partial charge in [-0.05, 0) is 46.0 Å². The second-order valence-electron chi connectivity index (χ2n) is 21.5. The Bertz CT molecular complexity index is 1110. The second kappa shape index (κ2) is 22.1. The van der Waals surface area contributed by atoms with Crippen molar-refractivity contribution >= 4 is 23.1 Å². The molecule has 0 aliphatic rings. The van der Waals surface area contributed by atoms with Crippen LogP contribution < -0.4 is 20.4 Å². The minimum absolute atomic E-state index is 0. The van der Waals surface area contributed by atoms with Crippen molar-refractivity contribution in [3.05, 3.63) is 47.3 Å². The van der Waals surface area contributed by atoms with Gasteiger partial charge in [0.15, 0.2) is 23.1 Å². The fraction of sp³-hybridized carbons (Fsp3) is 0.727. The molecule has 0 fully saturated rings. The largest absolute Gasteiger partial charge is 4.00 e. The molecular formula is C44H76CeO8. The van der Waals surface area contributed by atoms with Crippen molar-refractivity contribution in [1.82, 2.24) is 0 Å². The van der Waals surface area contributed by atoms with E-state index in [0.717, 1.165) is 0 Å². The Labute approximate surface area is 358 Å². The predicted octanol–water partition coefficient (Wildman–Crippen LogP) is 7.57. The predicted molar refractivity (Wildman–Crippen MR) is 208 cm³/mol. The van der Waals surface area contributed by atoms with Crippen molar-refractivity contribution < 1.29 is 81.4 Å². The van der Waals surface area contributed by atoms with E-state index in [-0.39, 0.29) is 87.9 Å². The van der Waals surface area contributed by atoms with Crippen LogP contribution in [0.4, 0.5) is 0 Å². The van der Waals surface area contributed by atoms with Gasteiger partial charge in [0.2, 0.25) is 0 Å². The molecule has 0 saturated heterocycles. The fourth-order valence-electron chi connectivity index (χ4n) is 2.21. The van der Waals surface area contributed by atoms with Crippen LogP contribution in [0.1, 0.15) is 166 Å². The van der Waals surface area contributed by atoms with Gasteiger partial charge in [0.25, 0.3) is 0 Å². The van der Waals surface area contributed by atoms with Gasteiger partial charge in [-0.2, -0.15) is 0 Å². The van der Waals surface area contributed by atoms with E-state index in [1.54, 1.807) is 0 Å². The molecular weight excluding hydrogens is 797 g/mol. The van der Waals surface area contributed by atoms with Gasteiger partial charge in [-0.15, -0.1) is 23.0 Å². The van der Waals surface area contributed by atoms with Crippen LogP contribution in [0.15, 0.2) is 47.3 Å². The van der Waals surface area contributed by atoms with Crippen LogP contribution in [0.3, 0.4) is 0 Å². The van der Waals surface area contributed by atoms with Crippen molar-refractivity contribution in [3.63, 3.8) is 0 Å². The van der Waals surface area contributed by atoms with Crippen molar-refractivity contribution in [3.8, 4) is 0 Å². The maximum Gasteiger partial charge on any atom is 4.00 e. The molecule has 0 aliphatic carbocycles. The smallest absolute Gasteiger partial charge is 0.875 e. The quantitative estimate of drug-likeness (QED) is 0.207. The fourth-order valence-corrected chi connectivity index (χ4v) is 2.21. The summed E-state index contributed by atoms with van der Waals surface area (Å²) in [4.78, 5) is 45.8. The third-order valence-corrected chi connectivity index (χ3v) is 6.96. The molecule has 304 valence electrons. The van der Waals surface area contributed by atoms with Gasteiger partial charge < -0.3 is 20.4 Å². The summed E-state index contributed by atoms with van der Waals surface area (Å²) < 4.78 is 0. The summed E-state index contributed by atoms with van der Waals surface area (Å²) in [5.41, 5.74) is -3.66. The number of rotatable bonds is 4. The number of hydrogen-bond acceptors (Lipinski definition) is 8. The van der Waals surface area contributed by atoms with Gasteiger partial charge in [-0.3, -0.25) is 19.2 Å². The van der Waals surface area contributed by atoms with Gasteiger partial charge >= 0.3 is 41.7 Å². The summed E-state index contributed by atoms with van der Waals surface area (Å²) in [5, 5.41) is 45.8. The summed E-state index contributed by atoms with van der Waals surface area (Å²) >= 11 is 0. The molecule has 0 aromatic rings. The molecule has 0 rings (SSSR count).